The zero-order valence-electron chi connectivity index (χ0n) is 15.2. The Morgan fingerprint density at radius 2 is 1.45 bits per heavy atom. The molecule has 0 amide bonds. The van der Waals surface area contributed by atoms with Crippen LogP contribution in [0.1, 0.15) is 97.8 Å². The Balaban J connectivity index is 3.31. The first kappa shape index (κ1) is 21.2. The van der Waals surface area contributed by atoms with E-state index in [1.165, 1.54) is 44.9 Å². The summed E-state index contributed by atoms with van der Waals surface area (Å²) in [5.41, 5.74) is 0. The molecule has 0 spiro atoms. The Bertz CT molecular complexity index is 267. The lowest BCUT2D eigenvalue weighted by Gasteiger charge is -2.12. The van der Waals surface area contributed by atoms with Crippen LogP contribution in [0.25, 0.3) is 0 Å². The van der Waals surface area contributed by atoms with Gasteiger partial charge in [0.05, 0.1) is 6.61 Å². The van der Waals surface area contributed by atoms with Gasteiger partial charge in [0, 0.05) is 6.42 Å². The maximum absolute atomic E-state index is 11.6. The van der Waals surface area contributed by atoms with Gasteiger partial charge in [-0.1, -0.05) is 77.9 Å². The van der Waals surface area contributed by atoms with Gasteiger partial charge in [-0.05, 0) is 31.6 Å². The minimum Gasteiger partial charge on any atom is -0.465 e. The second kappa shape index (κ2) is 16.6. The molecule has 0 bridgehead atoms. The molecule has 130 valence electrons. The van der Waals surface area contributed by atoms with E-state index in [1.54, 1.807) is 0 Å². The van der Waals surface area contributed by atoms with Crippen molar-refractivity contribution in [1.82, 2.24) is 0 Å². The zero-order chi connectivity index (χ0) is 16.5. The molecular formula is C20H38O2. The smallest absolute Gasteiger partial charge is 0.305 e. The molecule has 0 saturated heterocycles. The van der Waals surface area contributed by atoms with Crippen LogP contribution in [-0.4, -0.2) is 12.6 Å². The lowest BCUT2D eigenvalue weighted by Crippen LogP contribution is -2.12. The highest BCUT2D eigenvalue weighted by Gasteiger charge is 2.07. The van der Waals surface area contributed by atoms with Crippen LogP contribution in [0.2, 0.25) is 0 Å². The Morgan fingerprint density at radius 3 is 2.09 bits per heavy atom. The normalized spacial score (nSPS) is 11.5. The highest BCUT2D eigenvalue weighted by Crippen LogP contribution is 2.11. The van der Waals surface area contributed by atoms with E-state index < -0.39 is 0 Å². The maximum atomic E-state index is 11.6. The van der Waals surface area contributed by atoms with Crippen molar-refractivity contribution in [2.75, 3.05) is 6.61 Å². The number of hydrogen-bond acceptors (Lipinski definition) is 2. The third-order valence-corrected chi connectivity index (χ3v) is 4.28. The molecule has 0 fully saturated rings. The predicted molar refractivity (Wildman–Crippen MR) is 96.0 cm³/mol. The average molecular weight is 311 g/mol. The van der Waals surface area contributed by atoms with Crippen molar-refractivity contribution in [2.45, 2.75) is 97.8 Å². The maximum Gasteiger partial charge on any atom is 0.305 e. The molecule has 0 radical (unpaired) electrons. The summed E-state index contributed by atoms with van der Waals surface area (Å²) in [5.74, 6) is 0.528. The van der Waals surface area contributed by atoms with Gasteiger partial charge in [0.15, 0.2) is 0 Å². The van der Waals surface area contributed by atoms with Gasteiger partial charge in [-0.25, -0.2) is 0 Å². The predicted octanol–water partition coefficient (Wildman–Crippen LogP) is 6.44. The molecule has 2 nitrogen and oxygen atoms in total. The molecule has 0 atom stereocenters. The van der Waals surface area contributed by atoms with Gasteiger partial charge in [0.25, 0.3) is 0 Å². The Morgan fingerprint density at radius 1 is 0.864 bits per heavy atom. The monoisotopic (exact) mass is 310 g/mol. The average Bonchev–Trinajstić information content (AvgIpc) is 2.53. The fraction of sp³-hybridized carbons (Fsp3) is 0.850. The summed E-state index contributed by atoms with van der Waals surface area (Å²) in [6.45, 7) is 7.15. The molecule has 0 aromatic heterocycles. The van der Waals surface area contributed by atoms with Crippen LogP contribution in [0.5, 0.6) is 0 Å². The lowest BCUT2D eigenvalue weighted by atomic mass is 10.1. The number of rotatable bonds is 15. The minimum atomic E-state index is -0.00856. The molecule has 0 N–H and O–H groups in total. The second-order valence-corrected chi connectivity index (χ2v) is 6.29. The third kappa shape index (κ3) is 14.2. The van der Waals surface area contributed by atoms with Crippen LogP contribution >= 0.6 is 0 Å². The molecule has 0 heterocycles. The van der Waals surface area contributed by atoms with E-state index in [-0.39, 0.29) is 5.97 Å². The van der Waals surface area contributed by atoms with Crippen LogP contribution in [-0.2, 0) is 9.53 Å². The number of esters is 1. The third-order valence-electron chi connectivity index (χ3n) is 4.28. The first-order valence-electron chi connectivity index (χ1n) is 9.55. The first-order valence-corrected chi connectivity index (χ1v) is 9.55. The number of carbonyl (C=O) groups excluding carboxylic acids is 1. The minimum absolute atomic E-state index is 0.00856. The van der Waals surface area contributed by atoms with Crippen molar-refractivity contribution in [2.24, 2.45) is 5.92 Å². The van der Waals surface area contributed by atoms with Crippen LogP contribution in [0.15, 0.2) is 12.2 Å². The van der Waals surface area contributed by atoms with Crippen molar-refractivity contribution in [3.8, 4) is 0 Å². The van der Waals surface area contributed by atoms with Gasteiger partial charge in [-0.2, -0.15) is 0 Å². The van der Waals surface area contributed by atoms with E-state index in [0.717, 1.165) is 25.7 Å². The van der Waals surface area contributed by atoms with Gasteiger partial charge >= 0.3 is 5.97 Å². The topological polar surface area (TPSA) is 26.3 Å². The number of carbonyl (C=O) groups is 1. The number of unbranched alkanes of at least 4 members (excludes halogenated alkanes) is 7. The second-order valence-electron chi connectivity index (χ2n) is 6.29. The van der Waals surface area contributed by atoms with E-state index in [0.29, 0.717) is 18.9 Å². The van der Waals surface area contributed by atoms with Crippen LogP contribution < -0.4 is 0 Å². The molecule has 0 aliphatic carbocycles. The van der Waals surface area contributed by atoms with Crippen LogP contribution in [0, 0.1) is 5.92 Å². The Hall–Kier alpha value is -0.790. The first-order chi connectivity index (χ1) is 10.7. The molecule has 0 rings (SSSR count). The van der Waals surface area contributed by atoms with Crippen molar-refractivity contribution >= 4 is 5.97 Å². The number of allylic oxidation sites excluding steroid dienone is 2. The summed E-state index contributed by atoms with van der Waals surface area (Å²) >= 11 is 0. The number of ether oxygens (including phenoxy) is 1. The summed E-state index contributed by atoms with van der Waals surface area (Å²) in [7, 11) is 0. The summed E-state index contributed by atoms with van der Waals surface area (Å²) in [5, 5.41) is 0. The van der Waals surface area contributed by atoms with Gasteiger partial charge < -0.3 is 4.74 Å². The summed E-state index contributed by atoms with van der Waals surface area (Å²) in [6, 6.07) is 0. The Labute approximate surface area is 138 Å². The largest absolute Gasteiger partial charge is 0.465 e. The fourth-order valence-corrected chi connectivity index (χ4v) is 2.43. The molecule has 2 heteroatoms. The molecule has 0 aliphatic heterocycles. The number of hydrogen-bond donors (Lipinski definition) is 0. The van der Waals surface area contributed by atoms with Crippen LogP contribution in [0.4, 0.5) is 0 Å². The highest BCUT2D eigenvalue weighted by atomic mass is 16.5. The van der Waals surface area contributed by atoms with Crippen molar-refractivity contribution in [1.29, 1.82) is 0 Å². The quantitative estimate of drug-likeness (QED) is 0.197. The SMILES string of the molecule is CCCC/C=C\CCCCCCCC(=O)OCC(CC)CC. The summed E-state index contributed by atoms with van der Waals surface area (Å²) < 4.78 is 5.33. The molecule has 0 aromatic rings. The van der Waals surface area contributed by atoms with E-state index >= 15 is 0 Å². The lowest BCUT2D eigenvalue weighted by molar-refractivity contribution is -0.145. The molecular weight excluding hydrogens is 272 g/mol. The molecule has 22 heavy (non-hydrogen) atoms. The van der Waals surface area contributed by atoms with Crippen molar-refractivity contribution in [3.05, 3.63) is 12.2 Å². The zero-order valence-corrected chi connectivity index (χ0v) is 15.2. The van der Waals surface area contributed by atoms with Crippen LogP contribution in [0.3, 0.4) is 0 Å². The summed E-state index contributed by atoms with van der Waals surface area (Å²) in [6.07, 6.45) is 18.4. The Kier molecular flexibility index (Phi) is 16.0. The van der Waals surface area contributed by atoms with Gasteiger partial charge in [-0.15, -0.1) is 0 Å². The molecule has 0 saturated carbocycles. The van der Waals surface area contributed by atoms with Gasteiger partial charge in [0.1, 0.15) is 0 Å². The standard InChI is InChI=1S/C20H38O2/c1-4-7-8-9-10-11-12-13-14-15-16-17-20(21)22-18-19(5-2)6-3/h9-10,19H,4-8,11-18H2,1-3H3/b10-9-. The van der Waals surface area contributed by atoms with E-state index in [1.807, 2.05) is 0 Å². The van der Waals surface area contributed by atoms with Crippen molar-refractivity contribution < 1.29 is 9.53 Å². The molecule has 0 aromatic carbocycles. The fourth-order valence-electron chi connectivity index (χ4n) is 2.43. The van der Waals surface area contributed by atoms with E-state index in [2.05, 4.69) is 32.9 Å². The van der Waals surface area contributed by atoms with E-state index in [4.69, 9.17) is 4.74 Å². The van der Waals surface area contributed by atoms with E-state index in [9.17, 15) is 4.79 Å². The molecule has 0 aliphatic rings. The highest BCUT2D eigenvalue weighted by molar-refractivity contribution is 5.69. The summed E-state index contributed by atoms with van der Waals surface area (Å²) in [4.78, 5) is 11.6. The van der Waals surface area contributed by atoms with Gasteiger partial charge in [-0.3, -0.25) is 4.79 Å². The van der Waals surface area contributed by atoms with Gasteiger partial charge in [0.2, 0.25) is 0 Å². The molecule has 0 unspecified atom stereocenters. The van der Waals surface area contributed by atoms with Crippen molar-refractivity contribution in [3.63, 3.8) is 0 Å².